The monoisotopic (exact) mass is 236 g/mol. The van der Waals surface area contributed by atoms with Crippen molar-refractivity contribution < 1.29 is 14.4 Å². The van der Waals surface area contributed by atoms with E-state index in [0.717, 1.165) is 12.8 Å². The molecule has 1 heterocycles. The summed E-state index contributed by atoms with van der Waals surface area (Å²) < 4.78 is 0. The van der Waals surface area contributed by atoms with Crippen LogP contribution in [0.5, 0.6) is 0 Å². The molecule has 1 N–H and O–H groups in total. The molecule has 1 spiro atoms. The second-order valence-corrected chi connectivity index (χ2v) is 5.41. The first kappa shape index (κ1) is 10.7. The van der Waals surface area contributed by atoms with Crippen molar-refractivity contribution in [3.05, 3.63) is 0 Å². The highest BCUT2D eigenvalue weighted by atomic mass is 16.2. The molecule has 92 valence electrons. The summed E-state index contributed by atoms with van der Waals surface area (Å²) in [6, 6.07) is -0.524. The minimum Gasteiger partial charge on any atom is -0.277 e. The molecule has 3 aliphatic rings. The molecule has 5 heteroatoms. The highest BCUT2D eigenvalue weighted by Gasteiger charge is 2.62. The van der Waals surface area contributed by atoms with E-state index in [2.05, 4.69) is 5.32 Å². The molecule has 0 atom stereocenters. The average molecular weight is 236 g/mol. The Morgan fingerprint density at radius 3 is 2.41 bits per heavy atom. The number of barbiturate groups is 1. The largest absolute Gasteiger partial charge is 0.330 e. The maximum absolute atomic E-state index is 12.2. The molecule has 2 saturated carbocycles. The Bertz CT molecular complexity index is 395. The number of hydrogen-bond donors (Lipinski definition) is 1. The van der Waals surface area contributed by atoms with Gasteiger partial charge in [0.2, 0.25) is 11.8 Å². The van der Waals surface area contributed by atoms with Crippen LogP contribution >= 0.6 is 0 Å². The molecule has 1 saturated heterocycles. The Morgan fingerprint density at radius 1 is 1.18 bits per heavy atom. The molecule has 2 aliphatic carbocycles. The van der Waals surface area contributed by atoms with Gasteiger partial charge in [-0.2, -0.15) is 0 Å². The first-order chi connectivity index (χ1) is 8.13. The number of hydrogen-bond acceptors (Lipinski definition) is 3. The third-order valence-corrected chi connectivity index (χ3v) is 4.22. The summed E-state index contributed by atoms with van der Waals surface area (Å²) in [5, 5.41) is 2.31. The summed E-state index contributed by atoms with van der Waals surface area (Å²) in [6.45, 7) is 0.486. The fraction of sp³-hybridized carbons (Fsp3) is 0.750. The normalized spacial score (nSPS) is 27.8. The molecule has 0 aromatic rings. The third-order valence-electron chi connectivity index (χ3n) is 4.22. The van der Waals surface area contributed by atoms with E-state index in [1.165, 1.54) is 17.7 Å². The Morgan fingerprint density at radius 2 is 1.82 bits per heavy atom. The van der Waals surface area contributed by atoms with Crippen LogP contribution in [0, 0.1) is 11.3 Å². The van der Waals surface area contributed by atoms with Crippen LogP contribution in [0.15, 0.2) is 0 Å². The van der Waals surface area contributed by atoms with E-state index in [9.17, 15) is 14.4 Å². The molecule has 17 heavy (non-hydrogen) atoms. The molecule has 0 unspecified atom stereocenters. The Hall–Kier alpha value is -1.39. The zero-order chi connectivity index (χ0) is 12.0. The van der Waals surface area contributed by atoms with E-state index in [-0.39, 0.29) is 5.91 Å². The van der Waals surface area contributed by atoms with Crippen LogP contribution in [0.4, 0.5) is 4.79 Å². The number of carbonyl (C=O) groups excluding carboxylic acids is 3. The molecule has 0 radical (unpaired) electrons. The highest BCUT2D eigenvalue weighted by molar-refractivity contribution is 6.20. The summed E-state index contributed by atoms with van der Waals surface area (Å²) in [5.74, 6) is -0.234. The second-order valence-electron chi connectivity index (χ2n) is 5.41. The molecule has 0 aromatic carbocycles. The van der Waals surface area contributed by atoms with Crippen LogP contribution in [0.2, 0.25) is 0 Å². The van der Waals surface area contributed by atoms with Crippen molar-refractivity contribution in [2.24, 2.45) is 11.3 Å². The second kappa shape index (κ2) is 3.55. The highest BCUT2D eigenvalue weighted by Crippen LogP contribution is 2.49. The van der Waals surface area contributed by atoms with Crippen molar-refractivity contribution in [1.82, 2.24) is 10.2 Å². The van der Waals surface area contributed by atoms with Crippen LogP contribution < -0.4 is 5.32 Å². The minimum absolute atomic E-state index is 0.266. The fourth-order valence-corrected chi connectivity index (χ4v) is 2.91. The van der Waals surface area contributed by atoms with Gasteiger partial charge in [-0.1, -0.05) is 12.8 Å². The van der Waals surface area contributed by atoms with Crippen LogP contribution in [-0.2, 0) is 9.59 Å². The molecular formula is C12H16N2O3. The van der Waals surface area contributed by atoms with E-state index in [4.69, 9.17) is 0 Å². The third kappa shape index (κ3) is 1.56. The first-order valence-corrected chi connectivity index (χ1v) is 6.31. The Kier molecular flexibility index (Phi) is 2.24. The molecule has 5 nitrogen and oxygen atoms in total. The summed E-state index contributed by atoms with van der Waals surface area (Å²) in [4.78, 5) is 36.7. The molecule has 1 aliphatic heterocycles. The van der Waals surface area contributed by atoms with Gasteiger partial charge in [0.15, 0.2) is 0 Å². The van der Waals surface area contributed by atoms with Gasteiger partial charge in [-0.05, 0) is 31.6 Å². The van der Waals surface area contributed by atoms with Gasteiger partial charge in [-0.3, -0.25) is 19.8 Å². The number of carbonyl (C=O) groups is 3. The van der Waals surface area contributed by atoms with Crippen LogP contribution in [0.3, 0.4) is 0 Å². The lowest BCUT2D eigenvalue weighted by atomic mass is 10.00. The van der Waals surface area contributed by atoms with Crippen LogP contribution in [0.1, 0.15) is 38.5 Å². The van der Waals surface area contributed by atoms with E-state index in [0.29, 0.717) is 25.3 Å². The van der Waals surface area contributed by atoms with Crippen molar-refractivity contribution in [3.8, 4) is 0 Å². The summed E-state index contributed by atoms with van der Waals surface area (Å²) in [6.07, 6.45) is 5.70. The van der Waals surface area contributed by atoms with Gasteiger partial charge in [-0.25, -0.2) is 4.79 Å². The average Bonchev–Trinajstić information content (AvgIpc) is 2.95. The molecular weight excluding hydrogens is 220 g/mol. The Labute approximate surface area is 99.5 Å². The van der Waals surface area contributed by atoms with Gasteiger partial charge in [0.25, 0.3) is 0 Å². The lowest BCUT2D eigenvalue weighted by molar-refractivity contribution is -0.145. The molecule has 0 aromatic heterocycles. The SMILES string of the molecule is O=C1NC(=O)C2(CC2)C(=O)N1CC1CCCC1. The number of imide groups is 2. The number of rotatable bonds is 2. The standard InChI is InChI=1S/C12H16N2O3/c15-9-12(5-6-12)10(16)14(11(17)13-9)7-8-3-1-2-4-8/h8H,1-7H2,(H,13,15,17). The van der Waals surface area contributed by atoms with E-state index in [1.807, 2.05) is 0 Å². The zero-order valence-corrected chi connectivity index (χ0v) is 9.70. The minimum atomic E-state index is -0.882. The topological polar surface area (TPSA) is 66.5 Å². The van der Waals surface area contributed by atoms with Crippen LogP contribution in [-0.4, -0.2) is 29.3 Å². The van der Waals surface area contributed by atoms with Crippen LogP contribution in [0.25, 0.3) is 0 Å². The van der Waals surface area contributed by atoms with E-state index in [1.54, 1.807) is 0 Å². The number of amides is 4. The van der Waals surface area contributed by atoms with Gasteiger partial charge in [0.1, 0.15) is 5.41 Å². The Balaban J connectivity index is 1.76. The quantitative estimate of drug-likeness (QED) is 0.728. The van der Waals surface area contributed by atoms with Crippen molar-refractivity contribution in [2.75, 3.05) is 6.54 Å². The summed E-state index contributed by atoms with van der Waals surface area (Å²) in [5.41, 5.74) is -0.882. The lowest BCUT2D eigenvalue weighted by Gasteiger charge is -2.31. The van der Waals surface area contributed by atoms with Gasteiger partial charge in [0.05, 0.1) is 0 Å². The van der Waals surface area contributed by atoms with Crippen molar-refractivity contribution in [2.45, 2.75) is 38.5 Å². The molecule has 3 rings (SSSR count). The molecule has 3 fully saturated rings. The maximum Gasteiger partial charge on any atom is 0.330 e. The fourth-order valence-electron chi connectivity index (χ4n) is 2.91. The molecule has 0 bridgehead atoms. The predicted octanol–water partition coefficient (Wildman–Crippen LogP) is 1.04. The van der Waals surface area contributed by atoms with Gasteiger partial charge >= 0.3 is 6.03 Å². The summed E-state index contributed by atoms with van der Waals surface area (Å²) >= 11 is 0. The van der Waals surface area contributed by atoms with Gasteiger partial charge in [0, 0.05) is 6.54 Å². The van der Waals surface area contributed by atoms with Crippen molar-refractivity contribution >= 4 is 17.8 Å². The van der Waals surface area contributed by atoms with Gasteiger partial charge < -0.3 is 0 Å². The van der Waals surface area contributed by atoms with Crippen molar-refractivity contribution in [1.29, 1.82) is 0 Å². The predicted molar refractivity (Wildman–Crippen MR) is 58.9 cm³/mol. The zero-order valence-electron chi connectivity index (χ0n) is 9.70. The van der Waals surface area contributed by atoms with E-state index < -0.39 is 17.4 Å². The molecule has 4 amide bonds. The first-order valence-electron chi connectivity index (χ1n) is 6.31. The number of urea groups is 1. The summed E-state index contributed by atoms with van der Waals surface area (Å²) in [7, 11) is 0. The van der Waals surface area contributed by atoms with Crippen molar-refractivity contribution in [3.63, 3.8) is 0 Å². The van der Waals surface area contributed by atoms with Gasteiger partial charge in [-0.15, -0.1) is 0 Å². The lowest BCUT2D eigenvalue weighted by Crippen LogP contribution is -2.59. The van der Waals surface area contributed by atoms with E-state index >= 15 is 0 Å². The maximum atomic E-state index is 12.2. The number of nitrogens with one attached hydrogen (secondary N) is 1. The smallest absolute Gasteiger partial charge is 0.277 e. The number of nitrogens with zero attached hydrogens (tertiary/aromatic N) is 1.